The van der Waals surface area contributed by atoms with Crippen LogP contribution in [0.1, 0.15) is 348 Å². The first-order valence-electron chi connectivity index (χ1n) is 44.3. The smallest absolute Gasteiger partial charge is 0.220 e. The van der Waals surface area contributed by atoms with E-state index in [-0.39, 0.29) is 18.9 Å². The fourth-order valence-corrected chi connectivity index (χ4v) is 14.7. The highest BCUT2D eigenvalue weighted by Gasteiger charge is 2.54. The maximum atomic E-state index is 13.5. The molecule has 0 aromatic heterocycles. The minimum absolute atomic E-state index is 0.243. The summed E-state index contributed by atoms with van der Waals surface area (Å²) in [6, 6.07) is -0.978. The summed E-state index contributed by atoms with van der Waals surface area (Å²) in [7, 11) is 0. The van der Waals surface area contributed by atoms with Gasteiger partial charge >= 0.3 is 0 Å². The van der Waals surface area contributed by atoms with Gasteiger partial charge in [0.25, 0.3) is 0 Å². The Labute approximate surface area is 661 Å². The summed E-state index contributed by atoms with van der Waals surface area (Å²) in [5, 5.41) is 121. The molecule has 0 aromatic rings. The number of nitrogens with one attached hydrogen (secondary N) is 1. The van der Waals surface area contributed by atoms with E-state index in [1.54, 1.807) is 6.08 Å². The summed E-state index contributed by atoms with van der Waals surface area (Å²) < 4.78 is 34.5. The van der Waals surface area contributed by atoms with Crippen molar-refractivity contribution >= 4 is 5.91 Å². The maximum Gasteiger partial charge on any atom is 0.220 e. The summed E-state index contributed by atoms with van der Waals surface area (Å²) in [5.74, 6) is -0.272. The van der Waals surface area contributed by atoms with Crippen LogP contribution in [-0.2, 0) is 33.2 Å². The lowest BCUT2D eigenvalue weighted by Crippen LogP contribution is -2.66. The van der Waals surface area contributed by atoms with E-state index in [1.807, 2.05) is 6.08 Å². The van der Waals surface area contributed by atoms with Gasteiger partial charge in [0.2, 0.25) is 5.91 Å². The van der Waals surface area contributed by atoms with Crippen LogP contribution in [0.15, 0.2) is 85.1 Å². The molecule has 3 rings (SSSR count). The van der Waals surface area contributed by atoms with Crippen LogP contribution >= 0.6 is 0 Å². The lowest BCUT2D eigenvalue weighted by Gasteiger charge is -2.48. The molecule has 17 unspecified atom stereocenters. The number of aliphatic hydroxyl groups is 11. The highest BCUT2D eigenvalue weighted by atomic mass is 16.8. The second-order valence-electron chi connectivity index (χ2n) is 31.3. The van der Waals surface area contributed by atoms with Crippen LogP contribution in [0.25, 0.3) is 0 Å². The van der Waals surface area contributed by atoms with Crippen molar-refractivity contribution < 1.29 is 89.4 Å². The van der Waals surface area contributed by atoms with Crippen LogP contribution < -0.4 is 5.32 Å². The molecule has 12 N–H and O–H groups in total. The standard InChI is InChI=1S/C90H161NO18/c1-3-5-7-9-11-13-15-17-19-21-23-25-27-29-31-32-33-34-35-36-37-38-39-40-42-44-46-48-50-52-54-56-58-60-62-64-66-68-78(96)91-73(74(95)67-65-63-61-59-57-55-53-51-49-47-45-43-41-30-28-26-24-22-20-18-16-14-12-10-8-6-4-2)72-104-88-84(102)81(99)86(76(70-93)106-88)109-90-85(103)82(100)87(77(71-94)107-90)108-89-83(101)80(98)79(97)75(69-92)105-89/h5,7,11,13,17,19,23,25,29,31,33-34,65,67,73-77,79-90,92-95,97-103H,3-4,6,8-10,12,14-16,18,20-22,24,26-28,30,32,35-64,66,68-72H2,1-2H3,(H,91,96)/b7-5-,13-11-,19-17-,25-23-,31-29-,34-33-,67-65+. The minimum Gasteiger partial charge on any atom is -0.394 e. The van der Waals surface area contributed by atoms with Crippen LogP contribution in [-0.4, -0.2) is 193 Å². The minimum atomic E-state index is -1.98. The van der Waals surface area contributed by atoms with Gasteiger partial charge < -0.3 is 89.9 Å². The van der Waals surface area contributed by atoms with E-state index in [1.165, 1.54) is 238 Å². The Hall–Kier alpha value is -3.03. The van der Waals surface area contributed by atoms with Crippen molar-refractivity contribution in [2.45, 2.75) is 452 Å². The van der Waals surface area contributed by atoms with Gasteiger partial charge in [-0.05, 0) is 70.6 Å². The molecule has 634 valence electrons. The molecule has 3 saturated heterocycles. The number of unbranched alkanes of at least 4 members (excludes halogenated alkanes) is 43. The molecule has 0 radical (unpaired) electrons. The van der Waals surface area contributed by atoms with E-state index in [2.05, 4.69) is 92.1 Å². The van der Waals surface area contributed by atoms with Crippen LogP contribution in [0.4, 0.5) is 0 Å². The Kier molecular flexibility index (Phi) is 63.7. The molecule has 109 heavy (non-hydrogen) atoms. The highest BCUT2D eigenvalue weighted by Crippen LogP contribution is 2.33. The first kappa shape index (κ1) is 100. The van der Waals surface area contributed by atoms with Crippen molar-refractivity contribution in [3.8, 4) is 0 Å². The molecule has 0 saturated carbocycles. The third-order valence-electron chi connectivity index (χ3n) is 21.7. The highest BCUT2D eigenvalue weighted by molar-refractivity contribution is 5.76. The fraction of sp³-hybridized carbons (Fsp3) is 0.833. The van der Waals surface area contributed by atoms with E-state index in [9.17, 15) is 61.0 Å². The monoisotopic (exact) mass is 1540 g/mol. The van der Waals surface area contributed by atoms with E-state index in [0.29, 0.717) is 6.42 Å². The molecular formula is C90H161NO18. The zero-order valence-corrected chi connectivity index (χ0v) is 68.3. The quantitative estimate of drug-likeness (QED) is 0.0199. The summed E-state index contributed by atoms with van der Waals surface area (Å²) in [6.45, 7) is 1.67. The first-order chi connectivity index (χ1) is 53.3. The van der Waals surface area contributed by atoms with Crippen molar-refractivity contribution in [2.24, 2.45) is 0 Å². The van der Waals surface area contributed by atoms with Gasteiger partial charge in [-0.25, -0.2) is 0 Å². The Bertz CT molecular complexity index is 2300. The molecule has 3 aliphatic rings. The van der Waals surface area contributed by atoms with E-state index in [0.717, 1.165) is 83.5 Å². The maximum absolute atomic E-state index is 13.5. The average Bonchev–Trinajstić information content (AvgIpc) is 0.760. The summed E-state index contributed by atoms with van der Waals surface area (Å²) >= 11 is 0. The van der Waals surface area contributed by atoms with Gasteiger partial charge in [0.1, 0.15) is 73.2 Å². The predicted octanol–water partition coefficient (Wildman–Crippen LogP) is 16.5. The number of carbonyl (C=O) groups is 1. The number of carbonyl (C=O) groups excluding carboxylic acids is 1. The predicted molar refractivity (Wildman–Crippen MR) is 438 cm³/mol. The summed E-state index contributed by atoms with van der Waals surface area (Å²) in [6.07, 6.45) is 67.2. The van der Waals surface area contributed by atoms with Gasteiger partial charge in [-0.1, -0.05) is 356 Å². The molecule has 3 heterocycles. The molecule has 3 aliphatic heterocycles. The average molecular weight is 1550 g/mol. The molecule has 19 heteroatoms. The topological polar surface area (TPSA) is 307 Å². The summed E-state index contributed by atoms with van der Waals surface area (Å²) in [5.41, 5.74) is 0. The number of hydrogen-bond acceptors (Lipinski definition) is 18. The van der Waals surface area contributed by atoms with Gasteiger partial charge in [0.15, 0.2) is 18.9 Å². The molecule has 0 spiro atoms. The lowest BCUT2D eigenvalue weighted by molar-refractivity contribution is -0.379. The third kappa shape index (κ3) is 48.2. The van der Waals surface area contributed by atoms with E-state index in [4.69, 9.17) is 28.4 Å². The Morgan fingerprint density at radius 2 is 0.633 bits per heavy atom. The lowest BCUT2D eigenvalue weighted by atomic mass is 9.96. The SMILES string of the molecule is CC/C=C\C/C=C\C/C=C\C/C=C\C/C=C\C/C=C\CCCCCCCCCCCCCCCCCCCCC(=O)NC(COC1OC(CO)C(OC2OC(CO)C(OC3OC(CO)C(O)C(O)C3O)C(O)C2O)C(O)C1O)C(O)/C=C/CCCCCCCCCCCCCCCCCCCCCCCCCCC. The second-order valence-corrected chi connectivity index (χ2v) is 31.3. The zero-order chi connectivity index (χ0) is 78.8. The van der Waals surface area contributed by atoms with Crippen LogP contribution in [0.3, 0.4) is 0 Å². The second kappa shape index (κ2) is 69.3. The van der Waals surface area contributed by atoms with Gasteiger partial charge in [-0.15, -0.1) is 0 Å². The van der Waals surface area contributed by atoms with Crippen molar-refractivity contribution in [2.75, 3.05) is 26.4 Å². The number of ether oxygens (including phenoxy) is 6. The first-order valence-corrected chi connectivity index (χ1v) is 44.3. The fourth-order valence-electron chi connectivity index (χ4n) is 14.7. The normalized spacial score (nSPS) is 25.7. The van der Waals surface area contributed by atoms with Gasteiger partial charge in [0.05, 0.1) is 38.6 Å². The molecular weight excluding hydrogens is 1380 g/mol. The Morgan fingerprint density at radius 1 is 0.339 bits per heavy atom. The number of amides is 1. The third-order valence-corrected chi connectivity index (χ3v) is 21.7. The van der Waals surface area contributed by atoms with Crippen molar-refractivity contribution in [1.29, 1.82) is 0 Å². The van der Waals surface area contributed by atoms with Crippen molar-refractivity contribution in [3.63, 3.8) is 0 Å². The van der Waals surface area contributed by atoms with Gasteiger partial charge in [0, 0.05) is 6.42 Å². The van der Waals surface area contributed by atoms with Crippen molar-refractivity contribution in [3.05, 3.63) is 85.1 Å². The zero-order valence-electron chi connectivity index (χ0n) is 68.3. The number of rotatable bonds is 71. The molecule has 3 fully saturated rings. The van der Waals surface area contributed by atoms with Crippen LogP contribution in [0.5, 0.6) is 0 Å². The van der Waals surface area contributed by atoms with Gasteiger partial charge in [-0.3, -0.25) is 4.79 Å². The number of hydrogen-bond donors (Lipinski definition) is 12. The van der Waals surface area contributed by atoms with E-state index < -0.39 is 124 Å². The number of aliphatic hydroxyl groups excluding tert-OH is 11. The Morgan fingerprint density at radius 3 is 0.991 bits per heavy atom. The molecule has 17 atom stereocenters. The Balaban J connectivity index is 1.33. The van der Waals surface area contributed by atoms with E-state index >= 15 is 0 Å². The van der Waals surface area contributed by atoms with Gasteiger partial charge in [-0.2, -0.15) is 0 Å². The summed E-state index contributed by atoms with van der Waals surface area (Å²) in [4.78, 5) is 13.5. The molecule has 0 aromatic carbocycles. The van der Waals surface area contributed by atoms with Crippen molar-refractivity contribution in [1.82, 2.24) is 5.32 Å². The molecule has 0 aliphatic carbocycles. The molecule has 0 bridgehead atoms. The number of allylic oxidation sites excluding steroid dienone is 13. The van der Waals surface area contributed by atoms with Crippen LogP contribution in [0, 0.1) is 0 Å². The van der Waals surface area contributed by atoms with Crippen LogP contribution in [0.2, 0.25) is 0 Å². The largest absolute Gasteiger partial charge is 0.394 e. The molecule has 1 amide bonds. The molecule has 19 nitrogen and oxygen atoms in total.